The van der Waals surface area contributed by atoms with Crippen LogP contribution in [-0.4, -0.2) is 29.6 Å². The molecular weight excluding hydrogens is 236 g/mol. The molecule has 1 aliphatic heterocycles. The summed E-state index contributed by atoms with van der Waals surface area (Å²) < 4.78 is 0. The monoisotopic (exact) mass is 262 g/mol. The fourth-order valence-corrected chi connectivity index (χ4v) is 2.55. The maximum atomic E-state index is 4.69. The molecule has 0 aliphatic carbocycles. The van der Waals surface area contributed by atoms with Crippen LogP contribution in [0.4, 0.5) is 11.6 Å². The van der Waals surface area contributed by atoms with Crippen molar-refractivity contribution in [1.29, 1.82) is 0 Å². The van der Waals surface area contributed by atoms with E-state index in [0.29, 0.717) is 0 Å². The molecule has 1 aromatic rings. The van der Waals surface area contributed by atoms with Gasteiger partial charge in [-0.1, -0.05) is 20.8 Å². The highest BCUT2D eigenvalue weighted by molar-refractivity contribution is 5.49. The molecule has 106 valence electrons. The smallest absolute Gasteiger partial charge is 0.134 e. The van der Waals surface area contributed by atoms with E-state index in [9.17, 15) is 0 Å². The summed E-state index contributed by atoms with van der Waals surface area (Å²) in [5.74, 6) is 4.52. The Balaban J connectivity index is 2.20. The number of nitrogens with zero attached hydrogens (tertiary/aromatic N) is 3. The molecule has 4 heteroatoms. The second-order valence-electron chi connectivity index (χ2n) is 5.60. The van der Waals surface area contributed by atoms with Crippen LogP contribution in [0.3, 0.4) is 0 Å². The minimum atomic E-state index is 0.733. The molecule has 4 nitrogen and oxygen atoms in total. The van der Waals surface area contributed by atoms with E-state index in [-0.39, 0.29) is 0 Å². The van der Waals surface area contributed by atoms with Gasteiger partial charge in [-0.25, -0.2) is 9.97 Å². The van der Waals surface area contributed by atoms with Gasteiger partial charge in [-0.05, 0) is 25.2 Å². The molecule has 1 fully saturated rings. The lowest BCUT2D eigenvalue weighted by Crippen LogP contribution is -2.39. The Bertz CT molecular complexity index is 419. The summed E-state index contributed by atoms with van der Waals surface area (Å²) in [5.41, 5.74) is 0. The molecule has 2 rings (SSSR count). The predicted molar refractivity (Wildman–Crippen MR) is 80.7 cm³/mol. The van der Waals surface area contributed by atoms with Gasteiger partial charge in [0.15, 0.2) is 0 Å². The fourth-order valence-electron chi connectivity index (χ4n) is 2.55. The van der Waals surface area contributed by atoms with E-state index in [4.69, 9.17) is 4.98 Å². The molecular formula is C15H26N4. The van der Waals surface area contributed by atoms with Crippen molar-refractivity contribution in [3.63, 3.8) is 0 Å². The normalized spacial score (nSPS) is 23.5. The van der Waals surface area contributed by atoms with Crippen LogP contribution in [0.1, 0.15) is 39.9 Å². The number of aromatic nitrogens is 2. The number of anilines is 2. The van der Waals surface area contributed by atoms with Crippen LogP contribution in [0.5, 0.6) is 0 Å². The Morgan fingerprint density at radius 3 is 2.68 bits per heavy atom. The van der Waals surface area contributed by atoms with Gasteiger partial charge in [0.05, 0.1) is 0 Å². The minimum absolute atomic E-state index is 0.733. The Labute approximate surface area is 116 Å². The third-order valence-corrected chi connectivity index (χ3v) is 4.09. The maximum absolute atomic E-state index is 4.69. The zero-order valence-electron chi connectivity index (χ0n) is 12.6. The lowest BCUT2D eigenvalue weighted by Gasteiger charge is -2.36. The van der Waals surface area contributed by atoms with Crippen LogP contribution >= 0.6 is 0 Å². The molecule has 0 radical (unpaired) electrons. The second-order valence-corrected chi connectivity index (χ2v) is 5.60. The van der Waals surface area contributed by atoms with Gasteiger partial charge >= 0.3 is 0 Å². The first-order chi connectivity index (χ1) is 9.13. The zero-order chi connectivity index (χ0) is 13.8. The quantitative estimate of drug-likeness (QED) is 0.905. The van der Waals surface area contributed by atoms with E-state index in [1.807, 2.05) is 0 Å². The number of piperidine rings is 1. The second kappa shape index (κ2) is 6.22. The van der Waals surface area contributed by atoms with Crippen molar-refractivity contribution in [2.24, 2.45) is 11.8 Å². The zero-order valence-corrected chi connectivity index (χ0v) is 12.6. The molecule has 2 heterocycles. The average Bonchev–Trinajstić information content (AvgIpc) is 2.42. The van der Waals surface area contributed by atoms with Crippen LogP contribution in [0.25, 0.3) is 0 Å². The summed E-state index contributed by atoms with van der Waals surface area (Å²) in [6.07, 6.45) is 2.13. The van der Waals surface area contributed by atoms with E-state index in [1.165, 1.54) is 6.42 Å². The summed E-state index contributed by atoms with van der Waals surface area (Å²) >= 11 is 0. The van der Waals surface area contributed by atoms with Crippen molar-refractivity contribution in [3.8, 4) is 0 Å². The molecule has 2 unspecified atom stereocenters. The Morgan fingerprint density at radius 2 is 2.05 bits per heavy atom. The average molecular weight is 262 g/mol. The first-order valence-corrected chi connectivity index (χ1v) is 7.50. The van der Waals surface area contributed by atoms with Crippen molar-refractivity contribution in [2.45, 2.75) is 40.5 Å². The molecule has 1 saturated heterocycles. The highest BCUT2D eigenvalue weighted by atomic mass is 15.2. The molecule has 0 bridgehead atoms. The first-order valence-electron chi connectivity index (χ1n) is 7.50. The standard InChI is InChI=1S/C15H26N4/c1-5-13-17-14(16-6-2)9-15(18-13)19-8-7-11(3)12(4)10-19/h9,11-12H,5-8,10H2,1-4H3,(H,16,17,18). The van der Waals surface area contributed by atoms with Gasteiger partial charge in [-0.2, -0.15) is 0 Å². The van der Waals surface area contributed by atoms with Crippen LogP contribution in [0.15, 0.2) is 6.07 Å². The summed E-state index contributed by atoms with van der Waals surface area (Å²) in [7, 11) is 0. The topological polar surface area (TPSA) is 41.0 Å². The van der Waals surface area contributed by atoms with Crippen molar-refractivity contribution >= 4 is 11.6 Å². The predicted octanol–water partition coefficient (Wildman–Crippen LogP) is 2.95. The molecule has 2 atom stereocenters. The van der Waals surface area contributed by atoms with E-state index < -0.39 is 0 Å². The minimum Gasteiger partial charge on any atom is -0.370 e. The molecule has 1 aliphatic rings. The lowest BCUT2D eigenvalue weighted by atomic mass is 9.89. The largest absolute Gasteiger partial charge is 0.370 e. The molecule has 0 amide bonds. The number of aryl methyl sites for hydroxylation is 1. The van der Waals surface area contributed by atoms with Crippen molar-refractivity contribution in [2.75, 3.05) is 29.9 Å². The highest BCUT2D eigenvalue weighted by Gasteiger charge is 2.24. The molecule has 0 aromatic carbocycles. The molecule has 0 spiro atoms. The van der Waals surface area contributed by atoms with Crippen LogP contribution < -0.4 is 10.2 Å². The fraction of sp³-hybridized carbons (Fsp3) is 0.733. The van der Waals surface area contributed by atoms with Gasteiger partial charge in [-0.3, -0.25) is 0 Å². The third kappa shape index (κ3) is 3.37. The molecule has 1 N–H and O–H groups in total. The van der Waals surface area contributed by atoms with Gasteiger partial charge in [-0.15, -0.1) is 0 Å². The maximum Gasteiger partial charge on any atom is 0.134 e. The summed E-state index contributed by atoms with van der Waals surface area (Å²) in [5, 5.41) is 3.30. The van der Waals surface area contributed by atoms with Crippen molar-refractivity contribution in [3.05, 3.63) is 11.9 Å². The van der Waals surface area contributed by atoms with E-state index in [0.717, 1.165) is 55.4 Å². The van der Waals surface area contributed by atoms with E-state index in [2.05, 4.69) is 49.0 Å². The SMILES string of the molecule is CCNc1cc(N2CCC(C)C(C)C2)nc(CC)n1. The van der Waals surface area contributed by atoms with Gasteiger partial charge < -0.3 is 10.2 Å². The number of rotatable bonds is 4. The first kappa shape index (κ1) is 14.1. The summed E-state index contributed by atoms with van der Waals surface area (Å²) in [4.78, 5) is 11.6. The lowest BCUT2D eigenvalue weighted by molar-refractivity contribution is 0.322. The molecule has 19 heavy (non-hydrogen) atoms. The summed E-state index contributed by atoms with van der Waals surface area (Å²) in [6.45, 7) is 12.0. The van der Waals surface area contributed by atoms with E-state index >= 15 is 0 Å². The van der Waals surface area contributed by atoms with Crippen molar-refractivity contribution < 1.29 is 0 Å². The van der Waals surface area contributed by atoms with Crippen LogP contribution in [0, 0.1) is 11.8 Å². The third-order valence-electron chi connectivity index (χ3n) is 4.09. The van der Waals surface area contributed by atoms with Gasteiger partial charge in [0.2, 0.25) is 0 Å². The summed E-state index contributed by atoms with van der Waals surface area (Å²) in [6, 6.07) is 2.09. The van der Waals surface area contributed by atoms with Crippen LogP contribution in [-0.2, 0) is 6.42 Å². The number of hydrogen-bond donors (Lipinski definition) is 1. The highest BCUT2D eigenvalue weighted by Crippen LogP contribution is 2.27. The number of hydrogen-bond acceptors (Lipinski definition) is 4. The molecule has 0 saturated carbocycles. The van der Waals surface area contributed by atoms with Gasteiger partial charge in [0.25, 0.3) is 0 Å². The van der Waals surface area contributed by atoms with E-state index in [1.54, 1.807) is 0 Å². The van der Waals surface area contributed by atoms with Crippen LogP contribution in [0.2, 0.25) is 0 Å². The van der Waals surface area contributed by atoms with Crippen molar-refractivity contribution in [1.82, 2.24) is 9.97 Å². The molecule has 1 aromatic heterocycles. The Morgan fingerprint density at radius 1 is 1.26 bits per heavy atom. The Hall–Kier alpha value is -1.32. The van der Waals surface area contributed by atoms with Gasteiger partial charge in [0, 0.05) is 32.1 Å². The van der Waals surface area contributed by atoms with Gasteiger partial charge in [0.1, 0.15) is 17.5 Å². The Kier molecular flexibility index (Phi) is 4.61. The number of nitrogens with one attached hydrogen (secondary N) is 1.